The van der Waals surface area contributed by atoms with Crippen molar-refractivity contribution in [3.63, 3.8) is 0 Å². The van der Waals surface area contributed by atoms with Gasteiger partial charge in [0.25, 0.3) is 0 Å². The largest absolute Gasteiger partial charge is 0.396 e. The number of aliphatic hydroxyl groups excluding tert-OH is 1. The van der Waals surface area contributed by atoms with E-state index >= 15 is 0 Å². The molecule has 0 atom stereocenters. The molecule has 72 valence electrons. The molecule has 1 heterocycles. The molecule has 0 radical (unpaired) electrons. The van der Waals surface area contributed by atoms with Gasteiger partial charge in [-0.05, 0) is 12.5 Å². The standard InChI is InChI=1S/C7H12N4OS/c8-11-7-9-3-2-6(10-7)13-5-1-4-12/h2-3,12H,1,4-5,8H2,(H,9,10,11). The first-order valence-electron chi connectivity index (χ1n) is 3.90. The summed E-state index contributed by atoms with van der Waals surface area (Å²) in [6.07, 6.45) is 2.41. The maximum atomic E-state index is 8.57. The Balaban J connectivity index is 2.46. The normalized spacial score (nSPS) is 10.0. The van der Waals surface area contributed by atoms with Crippen LogP contribution in [0.1, 0.15) is 6.42 Å². The lowest BCUT2D eigenvalue weighted by molar-refractivity contribution is 0.296. The fourth-order valence-corrected chi connectivity index (χ4v) is 1.52. The van der Waals surface area contributed by atoms with E-state index in [1.165, 1.54) is 0 Å². The summed E-state index contributed by atoms with van der Waals surface area (Å²) in [5.74, 6) is 6.41. The molecule has 0 aromatic carbocycles. The molecule has 1 rings (SSSR count). The molecule has 0 unspecified atom stereocenters. The van der Waals surface area contributed by atoms with Crippen molar-refractivity contribution in [2.45, 2.75) is 11.4 Å². The van der Waals surface area contributed by atoms with E-state index in [4.69, 9.17) is 10.9 Å². The van der Waals surface area contributed by atoms with Gasteiger partial charge < -0.3 is 5.11 Å². The van der Waals surface area contributed by atoms with Gasteiger partial charge in [0.15, 0.2) is 0 Å². The van der Waals surface area contributed by atoms with Gasteiger partial charge in [0.2, 0.25) is 5.95 Å². The molecule has 0 aliphatic rings. The Labute approximate surface area is 80.7 Å². The van der Waals surface area contributed by atoms with Gasteiger partial charge in [-0.15, -0.1) is 11.8 Å². The lowest BCUT2D eigenvalue weighted by atomic mass is 10.5. The van der Waals surface area contributed by atoms with Gasteiger partial charge in [-0.3, -0.25) is 5.43 Å². The number of thioether (sulfide) groups is 1. The third-order valence-electron chi connectivity index (χ3n) is 1.31. The summed E-state index contributed by atoms with van der Waals surface area (Å²) >= 11 is 1.57. The van der Waals surface area contributed by atoms with E-state index in [0.717, 1.165) is 17.2 Å². The number of rotatable bonds is 5. The predicted molar refractivity (Wildman–Crippen MR) is 52.3 cm³/mol. The number of nitrogen functional groups attached to an aromatic ring is 1. The number of aromatic nitrogens is 2. The number of anilines is 1. The number of nitrogens with one attached hydrogen (secondary N) is 1. The summed E-state index contributed by atoms with van der Waals surface area (Å²) in [5.41, 5.74) is 2.37. The van der Waals surface area contributed by atoms with Crippen LogP contribution in [0.4, 0.5) is 5.95 Å². The van der Waals surface area contributed by atoms with E-state index in [-0.39, 0.29) is 6.61 Å². The highest BCUT2D eigenvalue weighted by Gasteiger charge is 1.97. The smallest absolute Gasteiger partial charge is 0.238 e. The van der Waals surface area contributed by atoms with Crippen LogP contribution in [0.25, 0.3) is 0 Å². The van der Waals surface area contributed by atoms with Crippen molar-refractivity contribution in [1.82, 2.24) is 9.97 Å². The fourth-order valence-electron chi connectivity index (χ4n) is 0.733. The van der Waals surface area contributed by atoms with Crippen LogP contribution in [0, 0.1) is 0 Å². The summed E-state index contributed by atoms with van der Waals surface area (Å²) < 4.78 is 0. The first-order valence-corrected chi connectivity index (χ1v) is 4.88. The number of nitrogens with zero attached hydrogens (tertiary/aromatic N) is 2. The molecule has 13 heavy (non-hydrogen) atoms. The Hall–Kier alpha value is -0.850. The van der Waals surface area contributed by atoms with Crippen LogP contribution in [0.15, 0.2) is 17.3 Å². The van der Waals surface area contributed by atoms with Gasteiger partial charge in [0.05, 0.1) is 0 Å². The fraction of sp³-hybridized carbons (Fsp3) is 0.429. The molecule has 0 saturated carbocycles. The third kappa shape index (κ3) is 3.58. The van der Waals surface area contributed by atoms with Gasteiger partial charge in [0, 0.05) is 18.6 Å². The minimum Gasteiger partial charge on any atom is -0.396 e. The Kier molecular flexibility index (Phi) is 4.52. The van der Waals surface area contributed by atoms with Crippen molar-refractivity contribution < 1.29 is 5.11 Å². The van der Waals surface area contributed by atoms with Gasteiger partial charge in [-0.1, -0.05) is 0 Å². The maximum absolute atomic E-state index is 8.57. The number of hydrazine groups is 1. The molecule has 0 fully saturated rings. The van der Waals surface area contributed by atoms with Crippen molar-refractivity contribution in [1.29, 1.82) is 0 Å². The second-order valence-electron chi connectivity index (χ2n) is 2.29. The molecule has 0 aliphatic heterocycles. The molecule has 0 amide bonds. The number of hydrogen-bond acceptors (Lipinski definition) is 6. The van der Waals surface area contributed by atoms with Gasteiger partial charge in [-0.2, -0.15) is 0 Å². The minimum atomic E-state index is 0.208. The van der Waals surface area contributed by atoms with Crippen LogP contribution >= 0.6 is 11.8 Å². The molecule has 0 saturated heterocycles. The Bertz CT molecular complexity index is 258. The number of hydrogen-bond donors (Lipinski definition) is 3. The summed E-state index contributed by atoms with van der Waals surface area (Å²) in [7, 11) is 0. The van der Waals surface area contributed by atoms with E-state index < -0.39 is 0 Å². The molecule has 4 N–H and O–H groups in total. The number of nitrogens with two attached hydrogens (primary N) is 1. The van der Waals surface area contributed by atoms with Crippen LogP contribution in [0.5, 0.6) is 0 Å². The van der Waals surface area contributed by atoms with E-state index in [0.29, 0.717) is 5.95 Å². The van der Waals surface area contributed by atoms with Gasteiger partial charge >= 0.3 is 0 Å². The van der Waals surface area contributed by atoms with Crippen molar-refractivity contribution >= 4 is 17.7 Å². The van der Waals surface area contributed by atoms with E-state index in [9.17, 15) is 0 Å². The zero-order valence-corrected chi connectivity index (χ0v) is 7.92. The zero-order chi connectivity index (χ0) is 9.52. The average molecular weight is 200 g/mol. The molecule has 5 nitrogen and oxygen atoms in total. The van der Waals surface area contributed by atoms with Crippen molar-refractivity contribution in [3.8, 4) is 0 Å². The van der Waals surface area contributed by atoms with E-state index in [2.05, 4.69) is 15.4 Å². The SMILES string of the molecule is NNc1nccc(SCCCO)n1. The molecular formula is C7H12N4OS. The van der Waals surface area contributed by atoms with Gasteiger partial charge in [-0.25, -0.2) is 15.8 Å². The third-order valence-corrected chi connectivity index (χ3v) is 2.33. The topological polar surface area (TPSA) is 84.1 Å². The second kappa shape index (κ2) is 5.74. The highest BCUT2D eigenvalue weighted by Crippen LogP contribution is 2.15. The monoisotopic (exact) mass is 200 g/mol. The van der Waals surface area contributed by atoms with Crippen molar-refractivity contribution in [2.75, 3.05) is 17.8 Å². The highest BCUT2D eigenvalue weighted by atomic mass is 32.2. The highest BCUT2D eigenvalue weighted by molar-refractivity contribution is 7.99. The predicted octanol–water partition coefficient (Wildman–Crippen LogP) is 0.237. The first-order chi connectivity index (χ1) is 6.36. The minimum absolute atomic E-state index is 0.208. The Morgan fingerprint density at radius 2 is 2.46 bits per heavy atom. The zero-order valence-electron chi connectivity index (χ0n) is 7.10. The van der Waals surface area contributed by atoms with Crippen LogP contribution in [0.3, 0.4) is 0 Å². The molecule has 1 aromatic rings. The molecule has 0 aliphatic carbocycles. The lowest BCUT2D eigenvalue weighted by Crippen LogP contribution is -2.10. The van der Waals surface area contributed by atoms with Crippen LogP contribution in [-0.4, -0.2) is 27.4 Å². The summed E-state index contributed by atoms with van der Waals surface area (Å²) in [6, 6.07) is 1.81. The van der Waals surface area contributed by atoms with Crippen molar-refractivity contribution in [2.24, 2.45) is 5.84 Å². The molecule has 0 bridgehead atoms. The average Bonchev–Trinajstić information content (AvgIpc) is 2.19. The van der Waals surface area contributed by atoms with Gasteiger partial charge in [0.1, 0.15) is 5.03 Å². The van der Waals surface area contributed by atoms with Crippen LogP contribution in [-0.2, 0) is 0 Å². The van der Waals surface area contributed by atoms with E-state index in [1.807, 2.05) is 6.07 Å². The molecular weight excluding hydrogens is 188 g/mol. The van der Waals surface area contributed by atoms with Crippen LogP contribution < -0.4 is 11.3 Å². The quantitative estimate of drug-likeness (QED) is 0.207. The Morgan fingerprint density at radius 1 is 1.62 bits per heavy atom. The number of aliphatic hydroxyl groups is 1. The van der Waals surface area contributed by atoms with Crippen LogP contribution in [0.2, 0.25) is 0 Å². The second-order valence-corrected chi connectivity index (χ2v) is 3.40. The molecule has 0 spiro atoms. The molecule has 6 heteroatoms. The van der Waals surface area contributed by atoms with Crippen molar-refractivity contribution in [3.05, 3.63) is 12.3 Å². The summed E-state index contributed by atoms with van der Waals surface area (Å²) in [6.45, 7) is 0.208. The molecule has 1 aromatic heterocycles. The maximum Gasteiger partial charge on any atom is 0.238 e. The summed E-state index contributed by atoms with van der Waals surface area (Å²) in [5, 5.41) is 9.42. The summed E-state index contributed by atoms with van der Waals surface area (Å²) in [4.78, 5) is 7.97. The first kappa shape index (κ1) is 10.2. The Morgan fingerprint density at radius 3 is 3.15 bits per heavy atom. The van der Waals surface area contributed by atoms with E-state index in [1.54, 1.807) is 18.0 Å². The lowest BCUT2D eigenvalue weighted by Gasteiger charge is -2.01.